The number of halogens is 1. The predicted octanol–water partition coefficient (Wildman–Crippen LogP) is 3.18. The first-order chi connectivity index (χ1) is 14.8. The van der Waals surface area contributed by atoms with Crippen molar-refractivity contribution in [1.29, 1.82) is 0 Å². The van der Waals surface area contributed by atoms with Gasteiger partial charge in [0, 0.05) is 5.69 Å². The molecule has 0 aliphatic carbocycles. The Bertz CT molecular complexity index is 1330. The van der Waals surface area contributed by atoms with Gasteiger partial charge in [-0.25, -0.2) is 27.6 Å². The molecule has 0 radical (unpaired) electrons. The van der Waals surface area contributed by atoms with Gasteiger partial charge in [-0.05, 0) is 47.3 Å². The summed E-state index contributed by atoms with van der Waals surface area (Å²) in [6.45, 7) is 0. The number of carbonyl (C=O) groups is 1. The van der Waals surface area contributed by atoms with Gasteiger partial charge in [0.15, 0.2) is 5.82 Å². The third-order valence-corrected chi connectivity index (χ3v) is 5.79. The van der Waals surface area contributed by atoms with Gasteiger partial charge in [-0.2, -0.15) is 0 Å². The molecule has 0 bridgehead atoms. The second-order valence-electron chi connectivity index (χ2n) is 6.59. The number of primary sulfonamides is 1. The fourth-order valence-electron chi connectivity index (χ4n) is 2.87. The molecule has 2 heterocycles. The lowest BCUT2D eigenvalue weighted by molar-refractivity contribution is 0.101. The van der Waals surface area contributed by atoms with Gasteiger partial charge in [0.1, 0.15) is 5.82 Å². The zero-order valence-electron chi connectivity index (χ0n) is 15.9. The van der Waals surface area contributed by atoms with Crippen molar-refractivity contribution >= 4 is 33.0 Å². The zero-order chi connectivity index (χ0) is 22.0. The summed E-state index contributed by atoms with van der Waals surface area (Å²) < 4.78 is 37.5. The number of hydrogen-bond donors (Lipinski definition) is 2. The number of nitrogens with two attached hydrogens (primary N) is 1. The Morgan fingerprint density at radius 2 is 1.90 bits per heavy atom. The van der Waals surface area contributed by atoms with Gasteiger partial charge in [0.25, 0.3) is 5.91 Å². The number of amides is 1. The van der Waals surface area contributed by atoms with Gasteiger partial charge in [-0.15, -0.1) is 16.4 Å². The van der Waals surface area contributed by atoms with Crippen molar-refractivity contribution in [2.45, 2.75) is 5.75 Å². The van der Waals surface area contributed by atoms with Crippen molar-refractivity contribution in [3.63, 3.8) is 0 Å². The fourth-order valence-corrected chi connectivity index (χ4v) is 4.22. The van der Waals surface area contributed by atoms with Crippen LogP contribution in [-0.2, 0) is 15.8 Å². The van der Waals surface area contributed by atoms with Crippen molar-refractivity contribution in [2.24, 2.45) is 5.14 Å². The number of benzene rings is 2. The average molecular weight is 458 g/mol. The summed E-state index contributed by atoms with van der Waals surface area (Å²) in [4.78, 5) is 17.8. The van der Waals surface area contributed by atoms with E-state index < -0.39 is 21.7 Å². The van der Waals surface area contributed by atoms with Crippen LogP contribution in [0.2, 0.25) is 0 Å². The van der Waals surface area contributed by atoms with E-state index in [1.807, 2.05) is 17.5 Å². The molecule has 1 amide bonds. The van der Waals surface area contributed by atoms with Crippen LogP contribution in [0.25, 0.3) is 16.4 Å². The van der Waals surface area contributed by atoms with Gasteiger partial charge >= 0.3 is 0 Å². The van der Waals surface area contributed by atoms with Crippen molar-refractivity contribution in [3.8, 4) is 16.4 Å². The summed E-state index contributed by atoms with van der Waals surface area (Å²) in [7, 11) is -3.64. The standard InChI is InChI=1S/C20H16FN5O3S2/c21-14-3-1-4-16(11-14)26-19(17-5-2-10-30-17)24-18(25-26)20(27)23-15-8-6-13(7-9-15)12-31(22,28)29/h1-11H,12H2,(H,23,27)(H2,22,28,29). The lowest BCUT2D eigenvalue weighted by atomic mass is 10.2. The Hall–Kier alpha value is -3.41. The van der Waals surface area contributed by atoms with Crippen molar-refractivity contribution in [1.82, 2.24) is 14.8 Å². The summed E-state index contributed by atoms with van der Waals surface area (Å²) in [6.07, 6.45) is 0. The van der Waals surface area contributed by atoms with Crippen molar-refractivity contribution in [3.05, 3.63) is 83.2 Å². The van der Waals surface area contributed by atoms with Crippen LogP contribution in [0.15, 0.2) is 66.0 Å². The van der Waals surface area contributed by atoms with Gasteiger partial charge in [-0.3, -0.25) is 4.79 Å². The van der Waals surface area contributed by atoms with Crippen LogP contribution >= 0.6 is 11.3 Å². The van der Waals surface area contributed by atoms with E-state index in [2.05, 4.69) is 15.4 Å². The molecular weight excluding hydrogens is 441 g/mol. The minimum Gasteiger partial charge on any atom is -0.319 e. The van der Waals surface area contributed by atoms with Crippen LogP contribution in [0, 0.1) is 5.82 Å². The van der Waals surface area contributed by atoms with Crippen LogP contribution in [0.5, 0.6) is 0 Å². The highest BCUT2D eigenvalue weighted by Crippen LogP contribution is 2.26. The number of nitrogens with one attached hydrogen (secondary N) is 1. The molecule has 4 rings (SSSR count). The van der Waals surface area contributed by atoms with Crippen LogP contribution in [0.3, 0.4) is 0 Å². The number of sulfonamides is 1. The Morgan fingerprint density at radius 1 is 1.13 bits per heavy atom. The molecule has 31 heavy (non-hydrogen) atoms. The molecule has 0 atom stereocenters. The Balaban J connectivity index is 1.62. The molecule has 0 aliphatic rings. The Labute approximate surface area is 181 Å². The molecule has 0 saturated heterocycles. The minimum atomic E-state index is -3.64. The quantitative estimate of drug-likeness (QED) is 0.461. The summed E-state index contributed by atoms with van der Waals surface area (Å²) in [6, 6.07) is 15.7. The third-order valence-electron chi connectivity index (χ3n) is 4.18. The predicted molar refractivity (Wildman–Crippen MR) is 116 cm³/mol. The SMILES string of the molecule is NS(=O)(=O)Cc1ccc(NC(=O)c2nc(-c3cccs3)n(-c3cccc(F)c3)n2)cc1. The van der Waals surface area contributed by atoms with E-state index >= 15 is 0 Å². The minimum absolute atomic E-state index is 0.0960. The van der Waals surface area contributed by atoms with Crippen LogP contribution < -0.4 is 10.5 Å². The van der Waals surface area contributed by atoms with Crippen molar-refractivity contribution < 1.29 is 17.6 Å². The third kappa shape index (κ3) is 5.02. The first-order valence-corrected chi connectivity index (χ1v) is 11.6. The number of thiophene rings is 1. The maximum Gasteiger partial charge on any atom is 0.295 e. The first kappa shape index (κ1) is 20.8. The highest BCUT2D eigenvalue weighted by Gasteiger charge is 2.20. The lowest BCUT2D eigenvalue weighted by Gasteiger charge is -2.05. The maximum absolute atomic E-state index is 13.7. The van der Waals surface area contributed by atoms with Crippen LogP contribution in [-0.4, -0.2) is 29.1 Å². The molecule has 3 N–H and O–H groups in total. The number of rotatable bonds is 6. The molecule has 11 heteroatoms. The van der Waals surface area contributed by atoms with Gasteiger partial charge < -0.3 is 5.32 Å². The number of anilines is 1. The first-order valence-electron chi connectivity index (χ1n) is 8.96. The number of carbonyl (C=O) groups excluding carboxylic acids is 1. The second-order valence-corrected chi connectivity index (χ2v) is 9.15. The van der Waals surface area contributed by atoms with E-state index in [0.717, 1.165) is 4.88 Å². The van der Waals surface area contributed by atoms with Crippen LogP contribution in [0.1, 0.15) is 16.2 Å². The summed E-state index contributed by atoms with van der Waals surface area (Å²) in [5, 5.41) is 13.8. The summed E-state index contributed by atoms with van der Waals surface area (Å²) in [5.41, 5.74) is 1.36. The van der Waals surface area contributed by atoms with Gasteiger partial charge in [0.2, 0.25) is 15.8 Å². The van der Waals surface area contributed by atoms with E-state index in [1.165, 1.54) is 28.2 Å². The second kappa shape index (κ2) is 8.38. The highest BCUT2D eigenvalue weighted by molar-refractivity contribution is 7.88. The van der Waals surface area contributed by atoms with E-state index in [4.69, 9.17) is 5.14 Å². The Morgan fingerprint density at radius 3 is 2.55 bits per heavy atom. The smallest absolute Gasteiger partial charge is 0.295 e. The molecule has 0 aliphatic heterocycles. The van der Waals surface area contributed by atoms with Gasteiger partial charge in [-0.1, -0.05) is 24.3 Å². The highest BCUT2D eigenvalue weighted by atomic mass is 32.2. The van der Waals surface area contributed by atoms with E-state index in [-0.39, 0.29) is 11.6 Å². The number of nitrogens with zero attached hydrogens (tertiary/aromatic N) is 3. The molecule has 0 spiro atoms. The summed E-state index contributed by atoms with van der Waals surface area (Å²) >= 11 is 1.42. The molecule has 0 unspecified atom stereocenters. The fraction of sp³-hybridized carbons (Fsp3) is 0.0500. The molecule has 2 aromatic heterocycles. The number of aromatic nitrogens is 3. The lowest BCUT2D eigenvalue weighted by Crippen LogP contribution is -2.15. The zero-order valence-corrected chi connectivity index (χ0v) is 17.5. The molecule has 158 valence electrons. The number of hydrogen-bond acceptors (Lipinski definition) is 6. The summed E-state index contributed by atoms with van der Waals surface area (Å²) in [5.74, 6) is -0.983. The average Bonchev–Trinajstić information content (AvgIpc) is 3.38. The van der Waals surface area contributed by atoms with E-state index in [0.29, 0.717) is 22.8 Å². The van der Waals surface area contributed by atoms with E-state index in [1.54, 1.807) is 36.4 Å². The Kier molecular flexibility index (Phi) is 5.63. The molecule has 4 aromatic rings. The van der Waals surface area contributed by atoms with Crippen molar-refractivity contribution in [2.75, 3.05) is 5.32 Å². The molecular formula is C20H16FN5O3S2. The monoisotopic (exact) mass is 457 g/mol. The maximum atomic E-state index is 13.7. The van der Waals surface area contributed by atoms with Crippen LogP contribution in [0.4, 0.5) is 10.1 Å². The normalized spacial score (nSPS) is 11.4. The molecule has 0 saturated carbocycles. The van der Waals surface area contributed by atoms with E-state index in [9.17, 15) is 17.6 Å². The molecule has 0 fully saturated rings. The van der Waals surface area contributed by atoms with Gasteiger partial charge in [0.05, 0.1) is 16.3 Å². The largest absolute Gasteiger partial charge is 0.319 e. The molecule has 2 aromatic carbocycles. The topological polar surface area (TPSA) is 120 Å². The molecule has 8 nitrogen and oxygen atoms in total.